The first-order chi connectivity index (χ1) is 37.0. The first-order valence-electron chi connectivity index (χ1n) is 34.1. The number of ether oxygens (including phenoxy) is 1. The number of amides is 1. The topological polar surface area (TPSA) is 95.9 Å². The van der Waals surface area contributed by atoms with E-state index in [1.54, 1.807) is 0 Å². The van der Waals surface area contributed by atoms with Crippen LogP contribution < -0.4 is 5.32 Å². The number of hydrogen-bond acceptors (Lipinski definition) is 5. The molecule has 0 aromatic rings. The lowest BCUT2D eigenvalue weighted by Crippen LogP contribution is -2.45. The Morgan fingerprint density at radius 2 is 0.653 bits per heavy atom. The molecule has 0 aliphatic heterocycles. The number of aliphatic hydroxyl groups is 2. The molecule has 0 saturated carbocycles. The van der Waals surface area contributed by atoms with E-state index in [-0.39, 0.29) is 18.5 Å². The monoisotopic (exact) mass is 1060 g/mol. The molecule has 0 heterocycles. The maximum absolute atomic E-state index is 12.5. The SMILES string of the molecule is CCCCCCCCCCCCCCCCCCCCCCCCCCC(O)C(CO)NC(=O)CCCCCCCCCCCC/C=C\C=C/CCCCCOC(=O)CCCCCCCCCCCCCCCCC. The molecule has 0 radical (unpaired) electrons. The second-order valence-corrected chi connectivity index (χ2v) is 23.5. The summed E-state index contributed by atoms with van der Waals surface area (Å²) in [7, 11) is 0. The van der Waals surface area contributed by atoms with Crippen molar-refractivity contribution < 1.29 is 24.5 Å². The molecule has 0 spiro atoms. The van der Waals surface area contributed by atoms with Crippen LogP contribution in [0.5, 0.6) is 0 Å². The van der Waals surface area contributed by atoms with Gasteiger partial charge < -0.3 is 20.3 Å². The number of carbonyl (C=O) groups is 2. The Balaban J connectivity index is 3.45. The van der Waals surface area contributed by atoms with Crippen LogP contribution in [0.4, 0.5) is 0 Å². The average molecular weight is 1060 g/mol. The van der Waals surface area contributed by atoms with Crippen LogP contribution in [0.1, 0.15) is 380 Å². The van der Waals surface area contributed by atoms with Gasteiger partial charge in [0, 0.05) is 12.8 Å². The van der Waals surface area contributed by atoms with Crippen LogP contribution >= 0.6 is 0 Å². The van der Waals surface area contributed by atoms with Crippen LogP contribution in [-0.2, 0) is 14.3 Å². The van der Waals surface area contributed by atoms with E-state index < -0.39 is 12.1 Å². The Kier molecular flexibility index (Phi) is 63.4. The first kappa shape index (κ1) is 73.3. The van der Waals surface area contributed by atoms with E-state index >= 15 is 0 Å². The molecule has 6 nitrogen and oxygen atoms in total. The van der Waals surface area contributed by atoms with Crippen molar-refractivity contribution in [3.8, 4) is 0 Å². The molecular weight excluding hydrogens is 923 g/mol. The number of hydrogen-bond donors (Lipinski definition) is 3. The summed E-state index contributed by atoms with van der Waals surface area (Å²) in [5.41, 5.74) is 0. The van der Waals surface area contributed by atoms with E-state index in [0.29, 0.717) is 25.9 Å². The highest BCUT2D eigenvalue weighted by molar-refractivity contribution is 5.76. The zero-order valence-corrected chi connectivity index (χ0v) is 50.8. The third-order valence-electron chi connectivity index (χ3n) is 16.0. The number of unbranched alkanes of at least 4 members (excludes halogenated alkanes) is 50. The van der Waals surface area contributed by atoms with E-state index in [0.717, 1.165) is 70.6 Å². The number of esters is 1. The molecular formula is C69H133NO5. The standard InChI is InChI=1S/C69H133NO5/c1-3-5-7-9-11-13-15-17-19-20-21-22-23-24-25-27-30-34-37-41-45-49-53-57-61-67(72)66(65-71)70-68(73)62-58-54-50-46-42-38-35-31-28-26-29-32-36-40-44-48-52-56-60-64-75-69(74)63-59-55-51-47-43-39-33-18-16-14-12-10-8-6-4-2/h32,36,40,44,66-67,71-72H,3-31,33-35,37-39,41-43,45-65H2,1-2H3,(H,70,73)/b36-32-,44-40-. The van der Waals surface area contributed by atoms with Crippen LogP contribution in [0, 0.1) is 0 Å². The fourth-order valence-electron chi connectivity index (χ4n) is 10.8. The highest BCUT2D eigenvalue weighted by atomic mass is 16.5. The lowest BCUT2D eigenvalue weighted by atomic mass is 10.0. The highest BCUT2D eigenvalue weighted by Crippen LogP contribution is 2.19. The van der Waals surface area contributed by atoms with Gasteiger partial charge in [-0.05, 0) is 57.8 Å². The molecule has 0 aromatic heterocycles. The smallest absolute Gasteiger partial charge is 0.305 e. The number of carbonyl (C=O) groups excluding carboxylic acids is 2. The Hall–Kier alpha value is -1.66. The van der Waals surface area contributed by atoms with Gasteiger partial charge in [-0.1, -0.05) is 334 Å². The Morgan fingerprint density at radius 3 is 0.987 bits per heavy atom. The molecule has 6 heteroatoms. The second kappa shape index (κ2) is 64.9. The molecule has 0 fully saturated rings. The molecule has 0 aliphatic rings. The number of allylic oxidation sites excluding steroid dienone is 4. The predicted molar refractivity (Wildman–Crippen MR) is 329 cm³/mol. The van der Waals surface area contributed by atoms with Crippen LogP contribution in [0.15, 0.2) is 24.3 Å². The van der Waals surface area contributed by atoms with Crippen molar-refractivity contribution in [2.45, 2.75) is 392 Å². The van der Waals surface area contributed by atoms with Gasteiger partial charge in [0.25, 0.3) is 0 Å². The third kappa shape index (κ3) is 61.4. The van der Waals surface area contributed by atoms with E-state index in [1.807, 2.05) is 0 Å². The third-order valence-corrected chi connectivity index (χ3v) is 16.0. The predicted octanol–water partition coefficient (Wildman–Crippen LogP) is 21.8. The van der Waals surface area contributed by atoms with Crippen LogP contribution in [0.25, 0.3) is 0 Å². The van der Waals surface area contributed by atoms with Crippen LogP contribution in [0.2, 0.25) is 0 Å². The minimum atomic E-state index is -0.672. The van der Waals surface area contributed by atoms with Crippen molar-refractivity contribution in [2.75, 3.05) is 13.2 Å². The van der Waals surface area contributed by atoms with Gasteiger partial charge >= 0.3 is 5.97 Å². The molecule has 1 amide bonds. The maximum atomic E-state index is 12.5. The van der Waals surface area contributed by atoms with Crippen molar-refractivity contribution in [3.63, 3.8) is 0 Å². The Labute approximate surface area is 469 Å². The molecule has 444 valence electrons. The molecule has 0 aliphatic carbocycles. The second-order valence-electron chi connectivity index (χ2n) is 23.5. The molecule has 0 bridgehead atoms. The summed E-state index contributed by atoms with van der Waals surface area (Å²) in [5, 5.41) is 23.4. The molecule has 0 rings (SSSR count). The number of rotatable bonds is 64. The average Bonchev–Trinajstić information content (AvgIpc) is 3.41. The van der Waals surface area contributed by atoms with Crippen LogP contribution in [-0.4, -0.2) is 47.4 Å². The Bertz CT molecular complexity index is 1170. The number of aliphatic hydroxyl groups excluding tert-OH is 2. The van der Waals surface area contributed by atoms with Gasteiger partial charge in [-0.25, -0.2) is 0 Å². The summed E-state index contributed by atoms with van der Waals surface area (Å²) in [4.78, 5) is 24.6. The molecule has 0 saturated heterocycles. The lowest BCUT2D eigenvalue weighted by molar-refractivity contribution is -0.143. The van der Waals surface area contributed by atoms with E-state index in [2.05, 4.69) is 43.5 Å². The number of nitrogens with one attached hydrogen (secondary N) is 1. The van der Waals surface area contributed by atoms with Crippen molar-refractivity contribution in [1.29, 1.82) is 0 Å². The zero-order chi connectivity index (χ0) is 54.3. The van der Waals surface area contributed by atoms with Gasteiger partial charge in [0.05, 0.1) is 25.4 Å². The van der Waals surface area contributed by atoms with Gasteiger partial charge in [-0.3, -0.25) is 9.59 Å². The summed E-state index contributed by atoms with van der Waals surface area (Å²) in [5.74, 6) is -0.0498. The van der Waals surface area contributed by atoms with Crippen molar-refractivity contribution in [1.82, 2.24) is 5.32 Å². The minimum absolute atomic E-state index is 0.00942. The summed E-state index contributed by atoms with van der Waals surface area (Å²) < 4.78 is 5.47. The van der Waals surface area contributed by atoms with Gasteiger partial charge in [0.15, 0.2) is 0 Å². The normalized spacial score (nSPS) is 12.6. The van der Waals surface area contributed by atoms with Crippen molar-refractivity contribution in [2.24, 2.45) is 0 Å². The summed E-state index contributed by atoms with van der Waals surface area (Å²) in [6.07, 6.45) is 80.7. The van der Waals surface area contributed by atoms with E-state index in [9.17, 15) is 19.8 Å². The summed E-state index contributed by atoms with van der Waals surface area (Å²) in [6, 6.07) is -0.550. The summed E-state index contributed by atoms with van der Waals surface area (Å²) >= 11 is 0. The maximum Gasteiger partial charge on any atom is 0.305 e. The highest BCUT2D eigenvalue weighted by Gasteiger charge is 2.20. The van der Waals surface area contributed by atoms with Crippen molar-refractivity contribution >= 4 is 11.9 Å². The largest absolute Gasteiger partial charge is 0.466 e. The van der Waals surface area contributed by atoms with Gasteiger partial charge in [0.1, 0.15) is 0 Å². The quantitative estimate of drug-likeness (QED) is 0.0320. The molecule has 75 heavy (non-hydrogen) atoms. The van der Waals surface area contributed by atoms with Gasteiger partial charge in [-0.15, -0.1) is 0 Å². The van der Waals surface area contributed by atoms with E-state index in [1.165, 1.54) is 276 Å². The first-order valence-corrected chi connectivity index (χ1v) is 34.1. The lowest BCUT2D eigenvalue weighted by Gasteiger charge is -2.22. The molecule has 3 N–H and O–H groups in total. The zero-order valence-electron chi connectivity index (χ0n) is 50.8. The fourth-order valence-corrected chi connectivity index (χ4v) is 10.8. The van der Waals surface area contributed by atoms with Crippen LogP contribution in [0.3, 0.4) is 0 Å². The van der Waals surface area contributed by atoms with Gasteiger partial charge in [-0.2, -0.15) is 0 Å². The van der Waals surface area contributed by atoms with E-state index in [4.69, 9.17) is 4.74 Å². The Morgan fingerprint density at radius 1 is 0.373 bits per heavy atom. The molecule has 2 atom stereocenters. The molecule has 2 unspecified atom stereocenters. The minimum Gasteiger partial charge on any atom is -0.466 e. The van der Waals surface area contributed by atoms with Crippen molar-refractivity contribution in [3.05, 3.63) is 24.3 Å². The fraction of sp³-hybridized carbons (Fsp3) is 0.913. The molecule has 0 aromatic carbocycles. The summed E-state index contributed by atoms with van der Waals surface area (Å²) in [6.45, 7) is 4.95. The van der Waals surface area contributed by atoms with Gasteiger partial charge in [0.2, 0.25) is 5.91 Å².